The van der Waals surface area contributed by atoms with Crippen LogP contribution in [0.4, 0.5) is 0 Å². The number of ether oxygens (including phenoxy) is 6. The predicted molar refractivity (Wildman–Crippen MR) is 133 cm³/mol. The maximum absolute atomic E-state index is 10.8. The standard InChI is InChI=1S/C28H40O8/c1-5-6-13-32-26-24(15-21-18-34-28(2,3)36-21)35-25(16-22(29)23-8-7-14-31-23)27(26)33-17-19-9-11-20(30-4)12-10-19/h7-12,14,21-22,24-27,29H,5-6,13,15-18H2,1-4H3/t21-,22?,24-,25+,26+,27+/m1/s1. The molecule has 1 aromatic carbocycles. The van der Waals surface area contributed by atoms with Crippen molar-refractivity contribution in [2.75, 3.05) is 20.3 Å². The monoisotopic (exact) mass is 504 g/mol. The molecule has 0 radical (unpaired) electrons. The van der Waals surface area contributed by atoms with Gasteiger partial charge in [0, 0.05) is 19.4 Å². The van der Waals surface area contributed by atoms with E-state index in [4.69, 9.17) is 32.8 Å². The quantitative estimate of drug-likeness (QED) is 0.390. The van der Waals surface area contributed by atoms with Crippen LogP contribution in [0.2, 0.25) is 0 Å². The van der Waals surface area contributed by atoms with Gasteiger partial charge < -0.3 is 37.9 Å². The van der Waals surface area contributed by atoms with Crippen LogP contribution in [0.5, 0.6) is 5.75 Å². The highest BCUT2D eigenvalue weighted by Gasteiger charge is 2.49. The highest BCUT2D eigenvalue weighted by atomic mass is 16.7. The average molecular weight is 505 g/mol. The van der Waals surface area contributed by atoms with Crippen LogP contribution in [0.1, 0.15) is 63.9 Å². The van der Waals surface area contributed by atoms with E-state index in [0.717, 1.165) is 24.2 Å². The maximum Gasteiger partial charge on any atom is 0.163 e. The molecule has 0 bridgehead atoms. The fourth-order valence-corrected chi connectivity index (χ4v) is 4.82. The molecule has 4 rings (SSSR count). The molecule has 2 fully saturated rings. The lowest BCUT2D eigenvalue weighted by Gasteiger charge is -2.26. The number of aliphatic hydroxyl groups excluding tert-OH is 1. The maximum atomic E-state index is 10.8. The van der Waals surface area contributed by atoms with Gasteiger partial charge >= 0.3 is 0 Å². The molecule has 36 heavy (non-hydrogen) atoms. The molecule has 8 nitrogen and oxygen atoms in total. The molecular weight excluding hydrogens is 464 g/mol. The first-order valence-corrected chi connectivity index (χ1v) is 12.9. The van der Waals surface area contributed by atoms with Crippen molar-refractivity contribution in [1.29, 1.82) is 0 Å². The van der Waals surface area contributed by atoms with Gasteiger partial charge in [-0.15, -0.1) is 0 Å². The van der Waals surface area contributed by atoms with Gasteiger partial charge in [-0.05, 0) is 50.1 Å². The second-order valence-electron chi connectivity index (χ2n) is 9.98. The highest BCUT2D eigenvalue weighted by molar-refractivity contribution is 5.26. The Morgan fingerprint density at radius 1 is 1.08 bits per heavy atom. The fraction of sp³-hybridized carbons (Fsp3) is 0.643. The van der Waals surface area contributed by atoms with Crippen molar-refractivity contribution in [3.8, 4) is 5.75 Å². The normalized spacial score (nSPS) is 28.4. The zero-order valence-electron chi connectivity index (χ0n) is 21.8. The number of unbranched alkanes of at least 4 members (excludes halogenated alkanes) is 1. The molecular formula is C28H40O8. The van der Waals surface area contributed by atoms with E-state index < -0.39 is 11.9 Å². The van der Waals surface area contributed by atoms with E-state index in [1.54, 1.807) is 25.5 Å². The lowest BCUT2D eigenvalue weighted by atomic mass is 9.99. The molecule has 0 aliphatic carbocycles. The molecule has 0 amide bonds. The Balaban J connectivity index is 1.51. The number of furan rings is 1. The molecule has 1 unspecified atom stereocenters. The summed E-state index contributed by atoms with van der Waals surface area (Å²) in [7, 11) is 1.65. The largest absolute Gasteiger partial charge is 0.497 e. The molecule has 6 atom stereocenters. The summed E-state index contributed by atoms with van der Waals surface area (Å²) in [5.74, 6) is 0.694. The average Bonchev–Trinajstić information content (AvgIpc) is 3.59. The molecule has 2 aliphatic rings. The topological polar surface area (TPSA) is 88.8 Å². The molecule has 3 heterocycles. The Bertz CT molecular complexity index is 897. The second kappa shape index (κ2) is 12.5. The van der Waals surface area contributed by atoms with Gasteiger partial charge in [0.1, 0.15) is 29.8 Å². The molecule has 0 spiro atoms. The van der Waals surface area contributed by atoms with E-state index in [0.29, 0.717) is 38.4 Å². The molecule has 8 heteroatoms. The minimum Gasteiger partial charge on any atom is -0.497 e. The number of hydrogen-bond acceptors (Lipinski definition) is 8. The minimum absolute atomic E-state index is 0.0988. The number of methoxy groups -OCH3 is 1. The van der Waals surface area contributed by atoms with Crippen molar-refractivity contribution in [3.05, 3.63) is 54.0 Å². The Morgan fingerprint density at radius 2 is 1.86 bits per heavy atom. The van der Waals surface area contributed by atoms with Crippen LogP contribution in [0.25, 0.3) is 0 Å². The third-order valence-electron chi connectivity index (χ3n) is 6.71. The minimum atomic E-state index is -0.808. The lowest BCUT2D eigenvalue weighted by molar-refractivity contribution is -0.145. The molecule has 0 saturated carbocycles. The van der Waals surface area contributed by atoms with Crippen LogP contribution in [0.3, 0.4) is 0 Å². The molecule has 2 saturated heterocycles. The summed E-state index contributed by atoms with van der Waals surface area (Å²) in [6.45, 7) is 7.48. The van der Waals surface area contributed by atoms with Gasteiger partial charge in [0.2, 0.25) is 0 Å². The number of rotatable bonds is 13. The first kappa shape index (κ1) is 27.1. The predicted octanol–water partition coefficient (Wildman–Crippen LogP) is 4.79. The zero-order chi connectivity index (χ0) is 25.5. The molecule has 2 aromatic rings. The van der Waals surface area contributed by atoms with Gasteiger partial charge in [-0.1, -0.05) is 25.5 Å². The number of benzene rings is 1. The van der Waals surface area contributed by atoms with Crippen LogP contribution < -0.4 is 4.74 Å². The Morgan fingerprint density at radius 3 is 2.50 bits per heavy atom. The number of hydrogen-bond donors (Lipinski definition) is 1. The van der Waals surface area contributed by atoms with Crippen molar-refractivity contribution in [3.63, 3.8) is 0 Å². The number of aliphatic hydroxyl groups is 1. The van der Waals surface area contributed by atoms with Crippen molar-refractivity contribution in [2.24, 2.45) is 0 Å². The summed E-state index contributed by atoms with van der Waals surface area (Å²) in [5.41, 5.74) is 1.02. The molecule has 1 aromatic heterocycles. The van der Waals surface area contributed by atoms with Gasteiger partial charge in [-0.25, -0.2) is 0 Å². The van der Waals surface area contributed by atoms with Gasteiger partial charge in [0.15, 0.2) is 5.79 Å². The lowest BCUT2D eigenvalue weighted by Crippen LogP contribution is -2.39. The zero-order valence-corrected chi connectivity index (χ0v) is 21.8. The Hall–Kier alpha value is -1.94. The second-order valence-corrected chi connectivity index (χ2v) is 9.98. The van der Waals surface area contributed by atoms with Gasteiger partial charge in [0.05, 0.1) is 44.9 Å². The van der Waals surface area contributed by atoms with E-state index >= 15 is 0 Å². The summed E-state index contributed by atoms with van der Waals surface area (Å²) >= 11 is 0. The van der Waals surface area contributed by atoms with Crippen LogP contribution >= 0.6 is 0 Å². The van der Waals surface area contributed by atoms with Crippen LogP contribution in [0, 0.1) is 0 Å². The van der Waals surface area contributed by atoms with Crippen molar-refractivity contribution < 1.29 is 37.9 Å². The highest BCUT2D eigenvalue weighted by Crippen LogP contribution is 2.37. The van der Waals surface area contributed by atoms with Crippen LogP contribution in [-0.4, -0.2) is 61.7 Å². The third kappa shape index (κ3) is 7.09. The van der Waals surface area contributed by atoms with Crippen molar-refractivity contribution in [2.45, 2.75) is 95.5 Å². The van der Waals surface area contributed by atoms with E-state index in [2.05, 4.69) is 6.92 Å². The first-order valence-electron chi connectivity index (χ1n) is 12.9. The summed E-state index contributed by atoms with van der Waals surface area (Å²) in [5, 5.41) is 10.8. The van der Waals surface area contributed by atoms with E-state index in [1.807, 2.05) is 38.1 Å². The van der Waals surface area contributed by atoms with E-state index in [9.17, 15) is 5.11 Å². The summed E-state index contributed by atoms with van der Waals surface area (Å²) in [6, 6.07) is 11.3. The van der Waals surface area contributed by atoms with E-state index in [1.165, 1.54) is 0 Å². The summed E-state index contributed by atoms with van der Waals surface area (Å²) < 4.78 is 41.9. The van der Waals surface area contributed by atoms with Crippen LogP contribution in [0.15, 0.2) is 47.1 Å². The van der Waals surface area contributed by atoms with Crippen molar-refractivity contribution in [1.82, 2.24) is 0 Å². The Labute approximate surface area is 213 Å². The summed E-state index contributed by atoms with van der Waals surface area (Å²) in [6.07, 6.45) is 2.29. The van der Waals surface area contributed by atoms with Crippen molar-refractivity contribution >= 4 is 0 Å². The fourth-order valence-electron chi connectivity index (χ4n) is 4.82. The smallest absolute Gasteiger partial charge is 0.163 e. The SMILES string of the molecule is CCCCO[C@@H]1[C@@H](OCc2ccc(OC)cc2)[C@H](CC(O)c2ccco2)O[C@@H]1C[C@@H]1COC(C)(C)O1. The van der Waals surface area contributed by atoms with Gasteiger partial charge in [-0.2, -0.15) is 0 Å². The summed E-state index contributed by atoms with van der Waals surface area (Å²) in [4.78, 5) is 0. The third-order valence-corrected chi connectivity index (χ3v) is 6.71. The first-order chi connectivity index (χ1) is 17.4. The Kier molecular flexibility index (Phi) is 9.44. The van der Waals surface area contributed by atoms with Gasteiger partial charge in [0.25, 0.3) is 0 Å². The molecule has 2 aliphatic heterocycles. The van der Waals surface area contributed by atoms with Crippen LogP contribution in [-0.2, 0) is 30.3 Å². The molecule has 200 valence electrons. The van der Waals surface area contributed by atoms with E-state index in [-0.39, 0.29) is 30.5 Å². The van der Waals surface area contributed by atoms with Gasteiger partial charge in [-0.3, -0.25) is 0 Å². The molecule has 1 N–H and O–H groups in total.